The number of nitrogens with zero attached hydrogens (tertiary/aromatic N) is 1. The fourth-order valence-electron chi connectivity index (χ4n) is 2.26. The molecule has 1 amide bonds. The fourth-order valence-corrected chi connectivity index (χ4v) is 2.47. The number of hydrogen-bond acceptors (Lipinski definition) is 4. The van der Waals surface area contributed by atoms with Gasteiger partial charge in [-0.25, -0.2) is 4.98 Å². The van der Waals surface area contributed by atoms with E-state index in [0.29, 0.717) is 11.6 Å². The monoisotopic (exact) mass is 363 g/mol. The molecule has 2 N–H and O–H groups in total. The number of pyridine rings is 1. The van der Waals surface area contributed by atoms with E-state index in [1.165, 1.54) is 6.08 Å². The van der Waals surface area contributed by atoms with E-state index in [9.17, 15) is 4.79 Å². The van der Waals surface area contributed by atoms with Gasteiger partial charge in [0.25, 0.3) is 0 Å². The van der Waals surface area contributed by atoms with E-state index in [-0.39, 0.29) is 11.0 Å². The number of amides is 1. The molecule has 0 atom stereocenters. The number of anilines is 1. The highest BCUT2D eigenvalue weighted by molar-refractivity contribution is 7.80. The molecule has 2 heterocycles. The van der Waals surface area contributed by atoms with Crippen LogP contribution in [0.2, 0.25) is 0 Å². The molecule has 1 aromatic carbocycles. The molecule has 0 unspecified atom stereocenters. The van der Waals surface area contributed by atoms with Crippen molar-refractivity contribution in [2.24, 2.45) is 0 Å². The molecular formula is C20H17N3O2S. The maximum absolute atomic E-state index is 12.0. The van der Waals surface area contributed by atoms with Gasteiger partial charge in [0, 0.05) is 17.8 Å². The normalized spacial score (nSPS) is 10.7. The maximum Gasteiger partial charge on any atom is 0.250 e. The van der Waals surface area contributed by atoms with Gasteiger partial charge in [-0.05, 0) is 55.0 Å². The molecule has 3 aromatic rings. The Morgan fingerprint density at radius 3 is 2.73 bits per heavy atom. The molecule has 0 saturated heterocycles. The number of carbonyl (C=O) groups is 1. The summed E-state index contributed by atoms with van der Waals surface area (Å²) in [4.78, 5) is 16.1. The summed E-state index contributed by atoms with van der Waals surface area (Å²) in [5.41, 5.74) is 2.02. The standard InChI is InChI=1S/C20H17N3O2S/c1-14-11-12-21-18(13-14)22-20(26)23-19(24)10-8-16-7-9-17(25-16)15-5-3-2-4-6-15/h2-13H,1H3,(H2,21,22,23,24,26)/b10-8+. The van der Waals surface area contributed by atoms with Crippen molar-refractivity contribution in [1.29, 1.82) is 0 Å². The van der Waals surface area contributed by atoms with Gasteiger partial charge in [-0.1, -0.05) is 30.3 Å². The average molecular weight is 363 g/mol. The second-order valence-electron chi connectivity index (χ2n) is 5.56. The van der Waals surface area contributed by atoms with Crippen LogP contribution >= 0.6 is 12.2 Å². The van der Waals surface area contributed by atoms with Crippen molar-refractivity contribution in [3.05, 3.63) is 78.2 Å². The van der Waals surface area contributed by atoms with Gasteiger partial charge in [0.2, 0.25) is 5.91 Å². The van der Waals surface area contributed by atoms with Gasteiger partial charge in [0.15, 0.2) is 5.11 Å². The quantitative estimate of drug-likeness (QED) is 0.538. The fraction of sp³-hybridized carbons (Fsp3) is 0.0500. The first-order valence-corrected chi connectivity index (χ1v) is 8.39. The lowest BCUT2D eigenvalue weighted by Gasteiger charge is -2.07. The van der Waals surface area contributed by atoms with Crippen LogP contribution in [0.25, 0.3) is 17.4 Å². The maximum atomic E-state index is 12.0. The van der Waals surface area contributed by atoms with Crippen molar-refractivity contribution in [3.63, 3.8) is 0 Å². The molecule has 0 fully saturated rings. The minimum absolute atomic E-state index is 0.183. The molecule has 0 bridgehead atoms. The molecule has 130 valence electrons. The van der Waals surface area contributed by atoms with Gasteiger partial charge >= 0.3 is 0 Å². The number of rotatable bonds is 4. The Bertz CT molecular complexity index is 948. The molecule has 6 heteroatoms. The first-order valence-electron chi connectivity index (χ1n) is 7.98. The molecule has 0 spiro atoms. The summed E-state index contributed by atoms with van der Waals surface area (Å²) in [6.45, 7) is 1.95. The minimum Gasteiger partial charge on any atom is -0.457 e. The van der Waals surface area contributed by atoms with Gasteiger partial charge in [0.05, 0.1) is 0 Å². The van der Waals surface area contributed by atoms with Crippen LogP contribution in [-0.2, 0) is 4.79 Å². The van der Waals surface area contributed by atoms with Crippen molar-refractivity contribution in [1.82, 2.24) is 10.3 Å². The van der Waals surface area contributed by atoms with Crippen molar-refractivity contribution >= 4 is 35.1 Å². The zero-order valence-electron chi connectivity index (χ0n) is 14.1. The first kappa shape index (κ1) is 17.6. The first-order chi connectivity index (χ1) is 12.6. The van der Waals surface area contributed by atoms with Crippen molar-refractivity contribution < 1.29 is 9.21 Å². The highest BCUT2D eigenvalue weighted by Crippen LogP contribution is 2.22. The van der Waals surface area contributed by atoms with E-state index in [1.807, 2.05) is 55.5 Å². The van der Waals surface area contributed by atoms with Gasteiger partial charge in [-0.2, -0.15) is 0 Å². The van der Waals surface area contributed by atoms with Gasteiger partial charge in [0.1, 0.15) is 17.3 Å². The predicted octanol–water partition coefficient (Wildman–Crippen LogP) is 4.18. The second-order valence-corrected chi connectivity index (χ2v) is 5.97. The number of carbonyl (C=O) groups excluding carboxylic acids is 1. The summed E-state index contributed by atoms with van der Waals surface area (Å²) in [5, 5.41) is 5.62. The van der Waals surface area contributed by atoms with Crippen LogP contribution in [0.5, 0.6) is 0 Å². The Balaban J connectivity index is 1.56. The van der Waals surface area contributed by atoms with E-state index in [2.05, 4.69) is 15.6 Å². The third-order valence-electron chi connectivity index (χ3n) is 3.48. The number of benzene rings is 1. The number of aryl methyl sites for hydroxylation is 1. The lowest BCUT2D eigenvalue weighted by atomic mass is 10.2. The number of thiocarbonyl (C=S) groups is 1. The van der Waals surface area contributed by atoms with Crippen LogP contribution in [-0.4, -0.2) is 16.0 Å². The predicted molar refractivity (Wildman–Crippen MR) is 107 cm³/mol. The van der Waals surface area contributed by atoms with Gasteiger partial charge in [-0.3, -0.25) is 10.1 Å². The zero-order chi connectivity index (χ0) is 18.4. The zero-order valence-corrected chi connectivity index (χ0v) is 14.9. The molecular weight excluding hydrogens is 346 g/mol. The smallest absolute Gasteiger partial charge is 0.250 e. The van der Waals surface area contributed by atoms with Gasteiger partial charge < -0.3 is 9.73 Å². The molecule has 26 heavy (non-hydrogen) atoms. The van der Waals surface area contributed by atoms with E-state index in [4.69, 9.17) is 16.6 Å². The summed E-state index contributed by atoms with van der Waals surface area (Å²) in [6.07, 6.45) is 4.63. The minimum atomic E-state index is -0.354. The van der Waals surface area contributed by atoms with E-state index in [1.54, 1.807) is 18.3 Å². The lowest BCUT2D eigenvalue weighted by Crippen LogP contribution is -2.33. The summed E-state index contributed by atoms with van der Waals surface area (Å²) >= 11 is 5.11. The number of aromatic nitrogens is 1. The van der Waals surface area contributed by atoms with E-state index in [0.717, 1.165) is 16.9 Å². The Morgan fingerprint density at radius 1 is 1.15 bits per heavy atom. The summed E-state index contributed by atoms with van der Waals surface area (Å²) in [6, 6.07) is 17.1. The summed E-state index contributed by atoms with van der Waals surface area (Å²) in [5.74, 6) is 1.55. The van der Waals surface area contributed by atoms with E-state index >= 15 is 0 Å². The van der Waals surface area contributed by atoms with Crippen LogP contribution < -0.4 is 10.6 Å². The molecule has 0 saturated carbocycles. The van der Waals surface area contributed by atoms with Crippen LogP contribution in [0.4, 0.5) is 5.82 Å². The van der Waals surface area contributed by atoms with Crippen molar-refractivity contribution in [2.75, 3.05) is 5.32 Å². The lowest BCUT2D eigenvalue weighted by molar-refractivity contribution is -0.115. The summed E-state index contributed by atoms with van der Waals surface area (Å²) in [7, 11) is 0. The van der Waals surface area contributed by atoms with Crippen molar-refractivity contribution in [2.45, 2.75) is 6.92 Å². The molecule has 0 radical (unpaired) electrons. The second kappa shape index (κ2) is 8.22. The van der Waals surface area contributed by atoms with E-state index < -0.39 is 0 Å². The topological polar surface area (TPSA) is 67.2 Å². The third-order valence-corrected chi connectivity index (χ3v) is 3.68. The number of nitrogens with one attached hydrogen (secondary N) is 2. The Hall–Kier alpha value is -3.25. The van der Waals surface area contributed by atoms with Crippen LogP contribution in [0, 0.1) is 6.92 Å². The van der Waals surface area contributed by atoms with Crippen LogP contribution in [0.15, 0.2) is 71.3 Å². The Labute approximate surface area is 156 Å². The van der Waals surface area contributed by atoms with Crippen molar-refractivity contribution in [3.8, 4) is 11.3 Å². The highest BCUT2D eigenvalue weighted by Gasteiger charge is 2.05. The Kier molecular flexibility index (Phi) is 5.56. The molecule has 3 rings (SSSR count). The molecule has 5 nitrogen and oxygen atoms in total. The van der Waals surface area contributed by atoms with Crippen LogP contribution in [0.1, 0.15) is 11.3 Å². The number of hydrogen-bond donors (Lipinski definition) is 2. The molecule has 0 aliphatic heterocycles. The molecule has 0 aliphatic carbocycles. The summed E-state index contributed by atoms with van der Waals surface area (Å²) < 4.78 is 5.71. The van der Waals surface area contributed by atoms with Gasteiger partial charge in [-0.15, -0.1) is 0 Å². The number of furan rings is 1. The SMILES string of the molecule is Cc1ccnc(NC(=S)NC(=O)/C=C/c2ccc(-c3ccccc3)o2)c1. The molecule has 2 aromatic heterocycles. The average Bonchev–Trinajstić information content (AvgIpc) is 3.10. The highest BCUT2D eigenvalue weighted by atomic mass is 32.1. The Morgan fingerprint density at radius 2 is 1.96 bits per heavy atom. The largest absolute Gasteiger partial charge is 0.457 e. The van der Waals surface area contributed by atoms with Crippen LogP contribution in [0.3, 0.4) is 0 Å². The molecule has 0 aliphatic rings. The third kappa shape index (κ3) is 4.87.